The van der Waals surface area contributed by atoms with Gasteiger partial charge in [0.1, 0.15) is 19.3 Å². The first-order valence-corrected chi connectivity index (χ1v) is 42.2. The number of allylic oxidation sites excluding steroid dienone is 12. The van der Waals surface area contributed by atoms with Gasteiger partial charge in [0.05, 0.1) is 26.4 Å². The van der Waals surface area contributed by atoms with Crippen molar-refractivity contribution < 1.29 is 80.2 Å². The van der Waals surface area contributed by atoms with E-state index in [1.54, 1.807) is 0 Å². The maximum absolute atomic E-state index is 13.1. The zero-order chi connectivity index (χ0) is 71.8. The Balaban J connectivity index is 5.36. The number of carbonyl (C=O) groups is 4. The molecule has 0 aromatic heterocycles. The lowest BCUT2D eigenvalue weighted by Gasteiger charge is -2.21. The van der Waals surface area contributed by atoms with E-state index < -0.39 is 97.5 Å². The van der Waals surface area contributed by atoms with Crippen LogP contribution in [0.4, 0.5) is 0 Å². The summed E-state index contributed by atoms with van der Waals surface area (Å²) in [5.74, 6) is -2.21. The number of unbranched alkanes of at least 4 members (excludes halogenated alkanes) is 36. The second kappa shape index (κ2) is 71.9. The second-order valence-electron chi connectivity index (χ2n) is 26.3. The highest BCUT2D eigenvalue weighted by atomic mass is 31.2. The van der Waals surface area contributed by atoms with Gasteiger partial charge >= 0.3 is 39.5 Å². The molecule has 19 heteroatoms. The molecule has 0 aromatic rings. The van der Waals surface area contributed by atoms with Gasteiger partial charge in [-0.3, -0.25) is 37.3 Å². The van der Waals surface area contributed by atoms with Crippen LogP contribution in [0.1, 0.15) is 349 Å². The highest BCUT2D eigenvalue weighted by Crippen LogP contribution is 2.45. The van der Waals surface area contributed by atoms with Crippen molar-refractivity contribution in [3.05, 3.63) is 72.9 Å². The van der Waals surface area contributed by atoms with Gasteiger partial charge in [-0.15, -0.1) is 0 Å². The van der Waals surface area contributed by atoms with Gasteiger partial charge in [-0.05, 0) is 116 Å². The van der Waals surface area contributed by atoms with Crippen LogP contribution in [0.3, 0.4) is 0 Å². The van der Waals surface area contributed by atoms with E-state index in [0.717, 1.165) is 141 Å². The molecule has 17 nitrogen and oxygen atoms in total. The Hall–Kier alpha value is -3.50. The van der Waals surface area contributed by atoms with Gasteiger partial charge in [0.15, 0.2) is 12.2 Å². The van der Waals surface area contributed by atoms with E-state index in [1.807, 2.05) is 0 Å². The smallest absolute Gasteiger partial charge is 0.462 e. The maximum Gasteiger partial charge on any atom is 0.472 e. The highest BCUT2D eigenvalue weighted by Gasteiger charge is 2.30. The van der Waals surface area contributed by atoms with Crippen LogP contribution in [-0.2, 0) is 65.4 Å². The molecule has 0 spiro atoms. The lowest BCUT2D eigenvalue weighted by Crippen LogP contribution is -2.30. The van der Waals surface area contributed by atoms with E-state index in [-0.39, 0.29) is 25.7 Å². The molecule has 0 aliphatic heterocycles. The first-order chi connectivity index (χ1) is 47.7. The largest absolute Gasteiger partial charge is 0.472 e. The van der Waals surface area contributed by atoms with E-state index in [2.05, 4.69) is 101 Å². The number of carbonyl (C=O) groups excluding carboxylic acids is 4. The predicted molar refractivity (Wildman–Crippen MR) is 400 cm³/mol. The number of ether oxygens (including phenoxy) is 4. The van der Waals surface area contributed by atoms with Crippen molar-refractivity contribution in [1.29, 1.82) is 0 Å². The lowest BCUT2D eigenvalue weighted by atomic mass is 10.0. The van der Waals surface area contributed by atoms with Gasteiger partial charge in [-0.1, -0.05) is 280 Å². The van der Waals surface area contributed by atoms with E-state index in [4.69, 9.17) is 37.0 Å². The number of aliphatic hydroxyl groups excluding tert-OH is 1. The first-order valence-electron chi connectivity index (χ1n) is 39.2. The molecular formula is C79H142O17P2. The van der Waals surface area contributed by atoms with Crippen LogP contribution < -0.4 is 0 Å². The van der Waals surface area contributed by atoms with E-state index >= 15 is 0 Å². The normalized spacial score (nSPS) is 14.3. The van der Waals surface area contributed by atoms with Gasteiger partial charge in [-0.25, -0.2) is 9.13 Å². The topological polar surface area (TPSA) is 237 Å². The zero-order valence-corrected chi connectivity index (χ0v) is 64.0. The summed E-state index contributed by atoms with van der Waals surface area (Å²) in [6.07, 6.45) is 71.7. The van der Waals surface area contributed by atoms with Crippen LogP contribution in [0, 0.1) is 0 Å². The molecule has 0 aliphatic carbocycles. The third-order valence-corrected chi connectivity index (χ3v) is 18.6. The molecule has 0 saturated carbocycles. The van der Waals surface area contributed by atoms with Crippen LogP contribution in [0.25, 0.3) is 0 Å². The fourth-order valence-electron chi connectivity index (χ4n) is 10.7. The highest BCUT2D eigenvalue weighted by molar-refractivity contribution is 7.47. The van der Waals surface area contributed by atoms with Crippen LogP contribution in [0.15, 0.2) is 72.9 Å². The average Bonchev–Trinajstić information content (AvgIpc) is 0.959. The van der Waals surface area contributed by atoms with Crippen LogP contribution in [0.2, 0.25) is 0 Å². The van der Waals surface area contributed by atoms with Gasteiger partial charge in [-0.2, -0.15) is 0 Å². The summed E-state index contributed by atoms with van der Waals surface area (Å²) in [7, 11) is -9.95. The van der Waals surface area contributed by atoms with Crippen LogP contribution in [-0.4, -0.2) is 96.7 Å². The summed E-state index contributed by atoms with van der Waals surface area (Å²) >= 11 is 0. The Bertz CT molecular complexity index is 2140. The Morgan fingerprint density at radius 1 is 0.296 bits per heavy atom. The zero-order valence-electron chi connectivity index (χ0n) is 62.2. The number of phosphoric ester groups is 2. The number of esters is 4. The van der Waals surface area contributed by atoms with Gasteiger partial charge in [0.2, 0.25) is 0 Å². The SMILES string of the molecule is CC/C=C\C/C=C\C/C=C\C/C=C\CCCCC(=O)OCC(COP(=O)(O)OCC(O)COP(=O)(O)OCC(COC(=O)CCCCCCC/C=C\CCCCCCCC)OC(=O)CCCCCCC/C=C\CCCCCCCC)OC(=O)CCCCCCCCCCCCCCC. The van der Waals surface area contributed by atoms with Crippen LogP contribution >= 0.6 is 15.6 Å². The lowest BCUT2D eigenvalue weighted by molar-refractivity contribution is -0.161. The molecule has 0 rings (SSSR count). The van der Waals surface area contributed by atoms with E-state index in [1.165, 1.54) is 128 Å². The third-order valence-electron chi connectivity index (χ3n) is 16.7. The Morgan fingerprint density at radius 2 is 0.531 bits per heavy atom. The van der Waals surface area contributed by atoms with Gasteiger partial charge < -0.3 is 33.8 Å². The van der Waals surface area contributed by atoms with Crippen molar-refractivity contribution >= 4 is 39.5 Å². The van der Waals surface area contributed by atoms with Crippen molar-refractivity contribution in [2.24, 2.45) is 0 Å². The fraction of sp³-hybridized carbons (Fsp3) is 0.797. The average molecular weight is 1430 g/mol. The van der Waals surface area contributed by atoms with Crippen molar-refractivity contribution in [2.75, 3.05) is 39.6 Å². The first kappa shape index (κ1) is 94.5. The molecule has 0 amide bonds. The monoisotopic (exact) mass is 1420 g/mol. The fourth-order valence-corrected chi connectivity index (χ4v) is 12.3. The Kier molecular flexibility index (Phi) is 69.3. The molecule has 0 bridgehead atoms. The van der Waals surface area contributed by atoms with E-state index in [0.29, 0.717) is 25.7 Å². The number of hydrogen-bond donors (Lipinski definition) is 3. The van der Waals surface area contributed by atoms with E-state index in [9.17, 15) is 43.2 Å². The molecule has 5 atom stereocenters. The molecule has 0 aromatic carbocycles. The number of aliphatic hydroxyl groups is 1. The standard InChI is InChI=1S/C79H142O17P2/c1-5-9-13-17-21-25-29-33-36-40-43-47-51-55-59-63-76(81)89-69-74(95-78(83)65-61-57-53-49-45-39-32-28-24-20-16-12-8-4)71-93-97(85,86)91-67-73(80)68-92-98(87,88)94-72-75(96-79(84)66-62-58-54-50-46-42-38-35-31-27-23-19-15-11-7-3)70-90-77(82)64-60-56-52-48-44-41-37-34-30-26-22-18-14-10-6-2/h9,13,21,25,33-38,43,47,73-75,80H,5-8,10-12,14-20,22-24,26-32,39-42,44-46,48-72H2,1-4H3,(H,85,86)(H,87,88)/b13-9-,25-21-,36-33-,37-34-,38-35-,47-43-. The van der Waals surface area contributed by atoms with Crippen molar-refractivity contribution in [3.63, 3.8) is 0 Å². The van der Waals surface area contributed by atoms with Crippen molar-refractivity contribution in [3.8, 4) is 0 Å². The van der Waals surface area contributed by atoms with Crippen molar-refractivity contribution in [2.45, 2.75) is 367 Å². The molecule has 570 valence electrons. The summed E-state index contributed by atoms with van der Waals surface area (Å²) in [6.45, 7) is 4.74. The maximum atomic E-state index is 13.1. The summed E-state index contributed by atoms with van der Waals surface area (Å²) < 4.78 is 68.5. The molecular weight excluding hydrogens is 1280 g/mol. The summed E-state index contributed by atoms with van der Waals surface area (Å²) in [5, 5.41) is 10.6. The molecule has 0 heterocycles. The quantitative estimate of drug-likeness (QED) is 0.0169. The summed E-state index contributed by atoms with van der Waals surface area (Å²) in [6, 6.07) is 0. The van der Waals surface area contributed by atoms with Gasteiger partial charge in [0.25, 0.3) is 0 Å². The number of hydrogen-bond acceptors (Lipinski definition) is 15. The molecule has 0 aliphatic rings. The Morgan fingerprint density at radius 3 is 0.847 bits per heavy atom. The molecule has 0 fully saturated rings. The summed E-state index contributed by atoms with van der Waals surface area (Å²) in [5.41, 5.74) is 0. The predicted octanol–water partition coefficient (Wildman–Crippen LogP) is 22.4. The second-order valence-corrected chi connectivity index (χ2v) is 29.2. The van der Waals surface area contributed by atoms with Crippen molar-refractivity contribution in [1.82, 2.24) is 0 Å². The number of rotatable bonds is 74. The Labute approximate surface area is 596 Å². The molecule has 0 saturated heterocycles. The molecule has 0 radical (unpaired) electrons. The minimum absolute atomic E-state index is 0.0861. The van der Waals surface area contributed by atoms with Crippen LogP contribution in [0.5, 0.6) is 0 Å². The molecule has 3 N–H and O–H groups in total. The minimum Gasteiger partial charge on any atom is -0.462 e. The molecule has 5 unspecified atom stereocenters. The molecule has 98 heavy (non-hydrogen) atoms. The number of phosphoric acid groups is 2. The third kappa shape index (κ3) is 70.9. The van der Waals surface area contributed by atoms with Gasteiger partial charge in [0, 0.05) is 25.7 Å². The summed E-state index contributed by atoms with van der Waals surface area (Å²) in [4.78, 5) is 72.9. The minimum atomic E-state index is -4.98.